The van der Waals surface area contributed by atoms with Crippen molar-refractivity contribution < 1.29 is 22.7 Å². The van der Waals surface area contributed by atoms with Gasteiger partial charge in [0.25, 0.3) is 5.91 Å². The van der Waals surface area contributed by atoms with Crippen LogP contribution in [0, 0.1) is 17.3 Å². The smallest absolute Gasteiger partial charge is 0.306 e. The summed E-state index contributed by atoms with van der Waals surface area (Å²) in [5, 5.41) is 0. The number of carbonyl (C=O) groups excluding carboxylic acids is 2. The Balaban J connectivity index is 1.26. The highest BCUT2D eigenvalue weighted by atomic mass is 79.9. The van der Waals surface area contributed by atoms with Crippen molar-refractivity contribution in [2.24, 2.45) is 17.3 Å². The molecular weight excluding hydrogens is 448 g/mol. The average molecular weight is 477 g/mol. The van der Waals surface area contributed by atoms with Crippen molar-refractivity contribution in [1.82, 2.24) is 9.21 Å². The number of hydrogen-bond acceptors (Lipinski definition) is 5. The molecule has 4 saturated carbocycles. The summed E-state index contributed by atoms with van der Waals surface area (Å²) in [4.78, 5) is 26.4. The number of sulfonamides is 1. The standard InChI is InChI=1S/C19H29BrN2O5S/c1-28(25,26)22-4-2-21(3-5-22)16(23)12-27-17(24)11-18-7-14-6-15(8-18)10-19(20,9-14)13-18/h14-15H,2-13H2,1H3. The molecule has 0 spiro atoms. The van der Waals surface area contributed by atoms with Crippen molar-refractivity contribution >= 4 is 37.8 Å². The van der Waals surface area contributed by atoms with Gasteiger partial charge in [-0.3, -0.25) is 9.59 Å². The Morgan fingerprint density at radius 2 is 1.68 bits per heavy atom. The molecule has 1 saturated heterocycles. The van der Waals surface area contributed by atoms with Gasteiger partial charge in [0.2, 0.25) is 10.0 Å². The summed E-state index contributed by atoms with van der Waals surface area (Å²) in [6, 6.07) is 0. The van der Waals surface area contributed by atoms with Gasteiger partial charge in [0.1, 0.15) is 0 Å². The largest absolute Gasteiger partial charge is 0.456 e. The Bertz CT molecular complexity index is 748. The molecule has 0 aromatic heterocycles. The van der Waals surface area contributed by atoms with Gasteiger partial charge in [0.05, 0.1) is 12.7 Å². The molecule has 0 aromatic carbocycles. The number of amides is 1. The second-order valence-electron chi connectivity index (χ2n) is 9.49. The minimum atomic E-state index is -3.23. The van der Waals surface area contributed by atoms with E-state index in [1.54, 1.807) is 4.90 Å². The molecule has 5 rings (SSSR count). The fourth-order valence-corrected chi connectivity index (χ4v) is 8.74. The van der Waals surface area contributed by atoms with Crippen LogP contribution in [0.5, 0.6) is 0 Å². The molecule has 0 aromatic rings. The molecule has 7 nitrogen and oxygen atoms in total. The number of nitrogens with zero attached hydrogens (tertiary/aromatic N) is 2. The van der Waals surface area contributed by atoms with Gasteiger partial charge in [0.15, 0.2) is 6.61 Å². The Labute approximate surface area is 175 Å². The summed E-state index contributed by atoms with van der Waals surface area (Å²) in [5.41, 5.74) is 0.0365. The number of alkyl halides is 1. The van der Waals surface area contributed by atoms with E-state index >= 15 is 0 Å². The van der Waals surface area contributed by atoms with E-state index in [2.05, 4.69) is 15.9 Å². The lowest BCUT2D eigenvalue weighted by molar-refractivity contribution is -0.157. The molecule has 1 aliphatic heterocycles. The van der Waals surface area contributed by atoms with E-state index in [1.807, 2.05) is 0 Å². The maximum absolute atomic E-state index is 12.5. The van der Waals surface area contributed by atoms with Gasteiger partial charge < -0.3 is 9.64 Å². The van der Waals surface area contributed by atoms with Crippen molar-refractivity contribution in [2.75, 3.05) is 39.0 Å². The third-order valence-electron chi connectivity index (χ3n) is 7.05. The number of esters is 1. The first-order chi connectivity index (χ1) is 13.1. The van der Waals surface area contributed by atoms with Gasteiger partial charge in [-0.2, -0.15) is 4.31 Å². The maximum Gasteiger partial charge on any atom is 0.306 e. The van der Waals surface area contributed by atoms with Gasteiger partial charge in [-0.15, -0.1) is 0 Å². The molecule has 0 radical (unpaired) electrons. The third kappa shape index (κ3) is 4.26. The van der Waals surface area contributed by atoms with Crippen LogP contribution in [0.15, 0.2) is 0 Å². The highest BCUT2D eigenvalue weighted by Crippen LogP contribution is 2.65. The fourth-order valence-electron chi connectivity index (χ4n) is 6.40. The number of hydrogen-bond donors (Lipinski definition) is 0. The van der Waals surface area contributed by atoms with E-state index in [-0.39, 0.29) is 41.3 Å². The van der Waals surface area contributed by atoms with Crippen LogP contribution in [-0.2, 0) is 24.3 Å². The highest BCUT2D eigenvalue weighted by molar-refractivity contribution is 9.10. The highest BCUT2D eigenvalue weighted by Gasteiger charge is 2.57. The SMILES string of the molecule is CS(=O)(=O)N1CCN(C(=O)COC(=O)CC23CC4CC(CC(Br)(C4)C2)C3)CC1. The quantitative estimate of drug-likeness (QED) is 0.445. The zero-order valence-corrected chi connectivity index (χ0v) is 18.8. The zero-order valence-electron chi connectivity index (χ0n) is 16.4. The lowest BCUT2D eigenvalue weighted by Gasteiger charge is -2.60. The Kier molecular flexibility index (Phi) is 5.32. The number of piperazine rings is 1. The van der Waals surface area contributed by atoms with Crippen molar-refractivity contribution in [3.63, 3.8) is 0 Å². The topological polar surface area (TPSA) is 84.0 Å². The van der Waals surface area contributed by atoms with Crippen LogP contribution in [0.25, 0.3) is 0 Å². The third-order valence-corrected chi connectivity index (χ3v) is 9.28. The molecule has 5 fully saturated rings. The normalized spacial score (nSPS) is 37.9. The molecule has 4 bridgehead atoms. The summed E-state index contributed by atoms with van der Waals surface area (Å²) in [7, 11) is -3.23. The minimum Gasteiger partial charge on any atom is -0.456 e. The molecule has 1 heterocycles. The van der Waals surface area contributed by atoms with Crippen LogP contribution in [0.1, 0.15) is 44.9 Å². The molecule has 2 unspecified atom stereocenters. The van der Waals surface area contributed by atoms with Crippen LogP contribution >= 0.6 is 15.9 Å². The molecule has 158 valence electrons. The van der Waals surface area contributed by atoms with E-state index in [1.165, 1.54) is 29.8 Å². The zero-order chi connectivity index (χ0) is 20.2. The molecule has 2 atom stereocenters. The predicted octanol–water partition coefficient (Wildman–Crippen LogP) is 1.76. The van der Waals surface area contributed by atoms with Crippen LogP contribution in [0.2, 0.25) is 0 Å². The Morgan fingerprint density at radius 3 is 2.21 bits per heavy atom. The van der Waals surface area contributed by atoms with Crippen molar-refractivity contribution in [1.29, 1.82) is 0 Å². The Morgan fingerprint density at radius 1 is 1.07 bits per heavy atom. The number of ether oxygens (including phenoxy) is 1. The second kappa shape index (κ2) is 7.23. The van der Waals surface area contributed by atoms with Gasteiger partial charge in [-0.1, -0.05) is 15.9 Å². The molecule has 4 aliphatic carbocycles. The van der Waals surface area contributed by atoms with E-state index in [4.69, 9.17) is 4.74 Å². The fraction of sp³-hybridized carbons (Fsp3) is 0.895. The first kappa shape index (κ1) is 20.6. The van der Waals surface area contributed by atoms with E-state index in [9.17, 15) is 18.0 Å². The van der Waals surface area contributed by atoms with Gasteiger partial charge in [-0.25, -0.2) is 8.42 Å². The Hall–Kier alpha value is -0.670. The summed E-state index contributed by atoms with van der Waals surface area (Å²) >= 11 is 3.96. The first-order valence-electron chi connectivity index (χ1n) is 10.1. The predicted molar refractivity (Wildman–Crippen MR) is 107 cm³/mol. The lowest BCUT2D eigenvalue weighted by atomic mass is 9.49. The van der Waals surface area contributed by atoms with Gasteiger partial charge >= 0.3 is 5.97 Å². The van der Waals surface area contributed by atoms with Crippen molar-refractivity contribution in [3.8, 4) is 0 Å². The molecule has 28 heavy (non-hydrogen) atoms. The minimum absolute atomic E-state index is 0.0365. The van der Waals surface area contributed by atoms with Crippen LogP contribution < -0.4 is 0 Å². The van der Waals surface area contributed by atoms with Gasteiger partial charge in [0, 0.05) is 30.5 Å². The molecule has 9 heteroatoms. The second-order valence-corrected chi connectivity index (χ2v) is 13.2. The van der Waals surface area contributed by atoms with Crippen LogP contribution in [0.4, 0.5) is 0 Å². The number of carbonyl (C=O) groups is 2. The first-order valence-corrected chi connectivity index (χ1v) is 12.8. The summed E-state index contributed by atoms with van der Waals surface area (Å²) < 4.78 is 30.0. The van der Waals surface area contributed by atoms with Gasteiger partial charge in [-0.05, 0) is 55.8 Å². The summed E-state index contributed by atoms with van der Waals surface area (Å²) in [6.07, 6.45) is 8.55. The van der Waals surface area contributed by atoms with Crippen molar-refractivity contribution in [3.05, 3.63) is 0 Å². The van der Waals surface area contributed by atoms with Crippen LogP contribution in [-0.4, -0.2) is 72.9 Å². The summed E-state index contributed by atoms with van der Waals surface area (Å²) in [5.74, 6) is 0.896. The van der Waals surface area contributed by atoms with E-state index in [0.29, 0.717) is 31.3 Å². The van der Waals surface area contributed by atoms with Crippen molar-refractivity contribution in [2.45, 2.75) is 49.3 Å². The number of halogens is 1. The number of rotatable bonds is 5. The lowest BCUT2D eigenvalue weighted by Crippen LogP contribution is -2.53. The van der Waals surface area contributed by atoms with Crippen LogP contribution in [0.3, 0.4) is 0 Å². The molecule has 5 aliphatic rings. The molecule has 0 N–H and O–H groups in total. The van der Waals surface area contributed by atoms with E-state index in [0.717, 1.165) is 19.3 Å². The van der Waals surface area contributed by atoms with E-state index < -0.39 is 10.0 Å². The average Bonchev–Trinajstić information content (AvgIpc) is 2.56. The molecular formula is C19H29BrN2O5S. The maximum atomic E-state index is 12.5. The molecule has 1 amide bonds. The summed E-state index contributed by atoms with van der Waals surface area (Å²) in [6.45, 7) is 1.00. The monoisotopic (exact) mass is 476 g/mol.